The largest absolute Gasteiger partial charge is 0.339 e. The molecule has 0 unspecified atom stereocenters. The zero-order valence-electron chi connectivity index (χ0n) is 15.1. The Bertz CT molecular complexity index is 611. The van der Waals surface area contributed by atoms with Gasteiger partial charge in [0.25, 0.3) is 5.91 Å². The van der Waals surface area contributed by atoms with E-state index in [1.165, 1.54) is 6.42 Å². The van der Waals surface area contributed by atoms with Crippen molar-refractivity contribution in [3.8, 4) is 0 Å². The minimum atomic E-state index is -0.236. The molecule has 2 fully saturated rings. The fourth-order valence-corrected chi connectivity index (χ4v) is 3.71. The molecule has 3 rings (SSSR count). The molecule has 3 amide bonds. The Labute approximate surface area is 149 Å². The zero-order valence-corrected chi connectivity index (χ0v) is 15.1. The molecule has 1 aromatic carbocycles. The summed E-state index contributed by atoms with van der Waals surface area (Å²) in [6, 6.07) is 6.97. The summed E-state index contributed by atoms with van der Waals surface area (Å²) >= 11 is 0. The van der Waals surface area contributed by atoms with E-state index in [9.17, 15) is 9.59 Å². The summed E-state index contributed by atoms with van der Waals surface area (Å²) < 4.78 is 0. The molecule has 136 valence electrons. The van der Waals surface area contributed by atoms with Crippen LogP contribution in [0.25, 0.3) is 0 Å². The molecule has 2 saturated heterocycles. The Morgan fingerprint density at radius 3 is 2.36 bits per heavy atom. The van der Waals surface area contributed by atoms with Crippen LogP contribution in [0.4, 0.5) is 10.5 Å². The maximum atomic E-state index is 12.7. The molecule has 0 saturated carbocycles. The smallest absolute Gasteiger partial charge is 0.319 e. The fourth-order valence-electron chi connectivity index (χ4n) is 3.71. The fraction of sp³-hybridized carbons (Fsp3) is 0.579. The van der Waals surface area contributed by atoms with E-state index in [2.05, 4.69) is 16.0 Å². The van der Waals surface area contributed by atoms with Crippen molar-refractivity contribution >= 4 is 17.6 Å². The van der Waals surface area contributed by atoms with E-state index >= 15 is 0 Å². The molecule has 6 heteroatoms. The number of benzene rings is 1. The molecular weight excluding hydrogens is 316 g/mol. The van der Waals surface area contributed by atoms with Gasteiger partial charge in [-0.1, -0.05) is 0 Å². The Morgan fingerprint density at radius 2 is 1.80 bits per heavy atom. The van der Waals surface area contributed by atoms with Crippen LogP contribution in [0.5, 0.6) is 0 Å². The van der Waals surface area contributed by atoms with Gasteiger partial charge in [-0.2, -0.15) is 0 Å². The maximum Gasteiger partial charge on any atom is 0.319 e. The Balaban J connectivity index is 1.55. The van der Waals surface area contributed by atoms with Gasteiger partial charge < -0.3 is 20.9 Å². The number of hydrogen-bond acceptors (Lipinski definition) is 3. The highest BCUT2D eigenvalue weighted by Gasteiger charge is 2.38. The van der Waals surface area contributed by atoms with Gasteiger partial charge in [-0.3, -0.25) is 4.79 Å². The Hall–Kier alpha value is -2.08. The van der Waals surface area contributed by atoms with Gasteiger partial charge in [-0.15, -0.1) is 0 Å². The van der Waals surface area contributed by atoms with Crippen molar-refractivity contribution in [1.82, 2.24) is 15.5 Å². The maximum absolute atomic E-state index is 12.7. The molecule has 0 atom stereocenters. The van der Waals surface area contributed by atoms with E-state index in [1.807, 2.05) is 18.7 Å². The summed E-state index contributed by atoms with van der Waals surface area (Å²) in [5, 5.41) is 8.99. The minimum Gasteiger partial charge on any atom is -0.339 e. The summed E-state index contributed by atoms with van der Waals surface area (Å²) in [6.07, 6.45) is 3.40. The molecule has 6 nitrogen and oxygen atoms in total. The number of nitrogens with zero attached hydrogens (tertiary/aromatic N) is 1. The third-order valence-electron chi connectivity index (χ3n) is 5.25. The molecule has 0 aliphatic carbocycles. The highest BCUT2D eigenvalue weighted by molar-refractivity contribution is 5.95. The molecule has 1 aromatic rings. The van der Waals surface area contributed by atoms with Gasteiger partial charge in [0.1, 0.15) is 0 Å². The second kappa shape index (κ2) is 7.44. The van der Waals surface area contributed by atoms with E-state index in [0.29, 0.717) is 16.7 Å². The van der Waals surface area contributed by atoms with Gasteiger partial charge in [-0.05, 0) is 69.3 Å². The van der Waals surface area contributed by atoms with Gasteiger partial charge in [0.2, 0.25) is 0 Å². The van der Waals surface area contributed by atoms with Crippen LogP contribution < -0.4 is 16.0 Å². The molecule has 1 spiro atoms. The number of likely N-dealkylation sites (tertiary alicyclic amines) is 1. The number of carbonyl (C=O) groups is 2. The lowest BCUT2D eigenvalue weighted by molar-refractivity contribution is 0.0607. The van der Waals surface area contributed by atoms with E-state index < -0.39 is 0 Å². The molecule has 0 aromatic heterocycles. The van der Waals surface area contributed by atoms with Crippen molar-refractivity contribution in [2.75, 3.05) is 31.5 Å². The first-order valence-corrected chi connectivity index (χ1v) is 9.15. The third-order valence-corrected chi connectivity index (χ3v) is 5.25. The van der Waals surface area contributed by atoms with Crippen LogP contribution in [0.1, 0.15) is 43.5 Å². The number of carbonyl (C=O) groups excluding carboxylic acids is 2. The topological polar surface area (TPSA) is 73.5 Å². The lowest BCUT2D eigenvalue weighted by Crippen LogP contribution is -2.44. The van der Waals surface area contributed by atoms with Crippen LogP contribution in [0.2, 0.25) is 0 Å². The minimum absolute atomic E-state index is 0.0818. The third kappa shape index (κ3) is 4.31. The molecule has 25 heavy (non-hydrogen) atoms. The van der Waals surface area contributed by atoms with Crippen molar-refractivity contribution in [3.05, 3.63) is 29.8 Å². The van der Waals surface area contributed by atoms with E-state index in [0.717, 1.165) is 39.0 Å². The molecular formula is C19H28N4O2. The van der Waals surface area contributed by atoms with Gasteiger partial charge in [0.15, 0.2) is 0 Å². The van der Waals surface area contributed by atoms with Gasteiger partial charge in [0, 0.05) is 36.9 Å². The number of hydrogen-bond donors (Lipinski definition) is 3. The van der Waals surface area contributed by atoms with Gasteiger partial charge >= 0.3 is 6.03 Å². The number of anilines is 1. The van der Waals surface area contributed by atoms with Crippen LogP contribution >= 0.6 is 0 Å². The summed E-state index contributed by atoms with van der Waals surface area (Å²) in [5.74, 6) is 0.0824. The average molecular weight is 344 g/mol. The number of urea groups is 1. The Kier molecular flexibility index (Phi) is 5.27. The molecule has 3 N–H and O–H groups in total. The summed E-state index contributed by atoms with van der Waals surface area (Å²) in [7, 11) is 0. The van der Waals surface area contributed by atoms with Crippen molar-refractivity contribution in [3.63, 3.8) is 0 Å². The van der Waals surface area contributed by atoms with Crippen LogP contribution in [-0.4, -0.2) is 49.1 Å². The zero-order chi connectivity index (χ0) is 17.9. The predicted octanol–water partition coefficient (Wildman–Crippen LogP) is 2.43. The predicted molar refractivity (Wildman–Crippen MR) is 98.8 cm³/mol. The number of piperidine rings is 1. The molecule has 2 aliphatic rings. The molecule has 2 aliphatic heterocycles. The summed E-state index contributed by atoms with van der Waals surface area (Å²) in [6.45, 7) is 7.67. The quantitative estimate of drug-likeness (QED) is 0.788. The van der Waals surface area contributed by atoms with Crippen molar-refractivity contribution in [2.45, 2.75) is 39.2 Å². The van der Waals surface area contributed by atoms with E-state index in [1.54, 1.807) is 24.3 Å². The van der Waals surface area contributed by atoms with Crippen molar-refractivity contribution in [1.29, 1.82) is 0 Å². The van der Waals surface area contributed by atoms with Crippen molar-refractivity contribution in [2.24, 2.45) is 5.41 Å². The van der Waals surface area contributed by atoms with E-state index in [4.69, 9.17) is 0 Å². The lowest BCUT2D eigenvalue weighted by atomic mass is 9.78. The van der Waals surface area contributed by atoms with Crippen molar-refractivity contribution < 1.29 is 9.59 Å². The summed E-state index contributed by atoms with van der Waals surface area (Å²) in [5.41, 5.74) is 1.77. The lowest BCUT2D eigenvalue weighted by Gasteiger charge is -2.38. The number of nitrogens with one attached hydrogen (secondary N) is 3. The number of rotatable bonds is 3. The highest BCUT2D eigenvalue weighted by atomic mass is 16.2. The van der Waals surface area contributed by atoms with Gasteiger partial charge in [0.05, 0.1) is 0 Å². The monoisotopic (exact) mass is 344 g/mol. The highest BCUT2D eigenvalue weighted by Crippen LogP contribution is 2.37. The second-order valence-corrected chi connectivity index (χ2v) is 7.55. The SMILES string of the molecule is CC(C)NC(=O)Nc1ccc(C(=O)N2CCC3(CCNC3)CC2)cc1. The first kappa shape index (κ1) is 17.7. The molecule has 0 radical (unpaired) electrons. The first-order chi connectivity index (χ1) is 12.0. The normalized spacial score (nSPS) is 19.2. The van der Waals surface area contributed by atoms with E-state index in [-0.39, 0.29) is 18.0 Å². The number of amides is 3. The van der Waals surface area contributed by atoms with Crippen LogP contribution in [0, 0.1) is 5.41 Å². The molecule has 2 heterocycles. The van der Waals surface area contributed by atoms with Crippen LogP contribution in [0.3, 0.4) is 0 Å². The average Bonchev–Trinajstić information content (AvgIpc) is 3.03. The molecule has 0 bridgehead atoms. The van der Waals surface area contributed by atoms with Crippen LogP contribution in [-0.2, 0) is 0 Å². The van der Waals surface area contributed by atoms with Crippen LogP contribution in [0.15, 0.2) is 24.3 Å². The summed E-state index contributed by atoms with van der Waals surface area (Å²) in [4.78, 5) is 26.4. The first-order valence-electron chi connectivity index (χ1n) is 9.15. The Morgan fingerprint density at radius 1 is 1.12 bits per heavy atom. The standard InChI is InChI=1S/C19H28N4O2/c1-14(2)21-18(25)22-16-5-3-15(4-6-16)17(24)23-11-8-19(9-12-23)7-10-20-13-19/h3-6,14,20H,7-13H2,1-2H3,(H2,21,22,25). The second-order valence-electron chi connectivity index (χ2n) is 7.55. The van der Waals surface area contributed by atoms with Gasteiger partial charge in [-0.25, -0.2) is 4.79 Å².